The third kappa shape index (κ3) is 6.89. The van der Waals surface area contributed by atoms with Gasteiger partial charge in [-0.05, 0) is 25.1 Å². The molecular formula is C21H36IN5O2. The molecule has 0 amide bonds. The van der Waals surface area contributed by atoms with E-state index in [1.54, 1.807) is 0 Å². The van der Waals surface area contributed by atoms with Crippen LogP contribution in [0.3, 0.4) is 0 Å². The van der Waals surface area contributed by atoms with Gasteiger partial charge >= 0.3 is 0 Å². The fourth-order valence-corrected chi connectivity index (χ4v) is 3.74. The van der Waals surface area contributed by atoms with Gasteiger partial charge in [-0.2, -0.15) is 0 Å². The Morgan fingerprint density at radius 1 is 1.14 bits per heavy atom. The van der Waals surface area contributed by atoms with Crippen LogP contribution < -0.4 is 20.1 Å². The molecule has 2 aliphatic heterocycles. The molecule has 1 aromatic rings. The summed E-state index contributed by atoms with van der Waals surface area (Å²) in [6.07, 6.45) is -0.0352. The molecule has 7 nitrogen and oxygen atoms in total. The first kappa shape index (κ1) is 24.0. The zero-order valence-corrected chi connectivity index (χ0v) is 20.4. The molecule has 0 aromatic heterocycles. The quantitative estimate of drug-likeness (QED) is 0.342. The van der Waals surface area contributed by atoms with Crippen LogP contribution in [0, 0.1) is 5.92 Å². The largest absolute Gasteiger partial charge is 0.486 e. The summed E-state index contributed by atoms with van der Waals surface area (Å²) in [5, 5.41) is 6.89. The Balaban J connectivity index is 0.00000300. The molecule has 3 rings (SSSR count). The van der Waals surface area contributed by atoms with Gasteiger partial charge in [-0.25, -0.2) is 0 Å². The lowest BCUT2D eigenvalue weighted by atomic mass is 10.0. The van der Waals surface area contributed by atoms with Gasteiger partial charge in [0.1, 0.15) is 12.7 Å². The van der Waals surface area contributed by atoms with Crippen LogP contribution >= 0.6 is 24.0 Å². The number of fused-ring (bicyclic) bond motifs is 1. The van der Waals surface area contributed by atoms with E-state index >= 15 is 0 Å². The SMILES string of the molecule is CN=C(NCC1COc2ccccc2O1)NCC(C(C)C)N1CCN(C)CC1.I. The average molecular weight is 517 g/mol. The van der Waals surface area contributed by atoms with E-state index in [-0.39, 0.29) is 30.1 Å². The molecule has 1 saturated heterocycles. The molecule has 2 unspecified atom stereocenters. The van der Waals surface area contributed by atoms with Crippen molar-refractivity contribution in [1.29, 1.82) is 0 Å². The van der Waals surface area contributed by atoms with Gasteiger partial charge < -0.3 is 25.0 Å². The topological polar surface area (TPSA) is 61.4 Å². The van der Waals surface area contributed by atoms with E-state index in [9.17, 15) is 0 Å². The smallest absolute Gasteiger partial charge is 0.191 e. The van der Waals surface area contributed by atoms with E-state index in [0.717, 1.165) is 50.2 Å². The summed E-state index contributed by atoms with van der Waals surface area (Å²) >= 11 is 0. The minimum absolute atomic E-state index is 0. The van der Waals surface area contributed by atoms with Gasteiger partial charge in [0.05, 0.1) is 6.54 Å². The minimum Gasteiger partial charge on any atom is -0.486 e. The van der Waals surface area contributed by atoms with Gasteiger partial charge in [0.15, 0.2) is 17.5 Å². The van der Waals surface area contributed by atoms with Crippen LogP contribution in [0.5, 0.6) is 11.5 Å². The van der Waals surface area contributed by atoms with Crippen molar-refractivity contribution in [2.75, 3.05) is 60.0 Å². The van der Waals surface area contributed by atoms with Gasteiger partial charge in [0.25, 0.3) is 0 Å². The molecule has 1 aromatic carbocycles. The highest BCUT2D eigenvalue weighted by molar-refractivity contribution is 14.0. The number of hydrogen-bond acceptors (Lipinski definition) is 5. The van der Waals surface area contributed by atoms with E-state index < -0.39 is 0 Å². The predicted molar refractivity (Wildman–Crippen MR) is 129 cm³/mol. The van der Waals surface area contributed by atoms with E-state index in [2.05, 4.69) is 46.3 Å². The molecule has 2 heterocycles. The first-order valence-corrected chi connectivity index (χ1v) is 10.3. The van der Waals surface area contributed by atoms with Crippen LogP contribution in [0.4, 0.5) is 0 Å². The zero-order chi connectivity index (χ0) is 19.9. The summed E-state index contributed by atoms with van der Waals surface area (Å²) in [5.41, 5.74) is 0. The maximum Gasteiger partial charge on any atom is 0.191 e. The molecule has 0 spiro atoms. The lowest BCUT2D eigenvalue weighted by Crippen LogP contribution is -2.55. The second-order valence-electron chi connectivity index (χ2n) is 7.98. The summed E-state index contributed by atoms with van der Waals surface area (Å²) in [7, 11) is 4.00. The van der Waals surface area contributed by atoms with Gasteiger partial charge in [-0.15, -0.1) is 24.0 Å². The van der Waals surface area contributed by atoms with Crippen LogP contribution in [0.25, 0.3) is 0 Å². The lowest BCUT2D eigenvalue weighted by Gasteiger charge is -2.40. The zero-order valence-electron chi connectivity index (χ0n) is 18.1. The van der Waals surface area contributed by atoms with Crippen LogP contribution in [-0.4, -0.2) is 87.9 Å². The van der Waals surface area contributed by atoms with Crippen LogP contribution in [0.2, 0.25) is 0 Å². The van der Waals surface area contributed by atoms with E-state index in [1.807, 2.05) is 31.3 Å². The fourth-order valence-electron chi connectivity index (χ4n) is 3.74. The van der Waals surface area contributed by atoms with Gasteiger partial charge in [0, 0.05) is 45.8 Å². The van der Waals surface area contributed by atoms with Crippen LogP contribution in [0.15, 0.2) is 29.3 Å². The standard InChI is InChI=1S/C21H35N5O2.HI/c1-16(2)18(26-11-9-25(4)10-12-26)14-24-21(22-3)23-13-17-15-27-19-7-5-6-8-20(19)28-17;/h5-8,16-18H,9-15H2,1-4H3,(H2,22,23,24);1H. The number of aliphatic imine (C=N–C) groups is 1. The molecule has 0 aliphatic carbocycles. The summed E-state index contributed by atoms with van der Waals surface area (Å²) in [6.45, 7) is 11.2. The number of para-hydroxylation sites is 2. The Labute approximate surface area is 192 Å². The maximum atomic E-state index is 6.01. The van der Waals surface area contributed by atoms with Crippen molar-refractivity contribution in [3.05, 3.63) is 24.3 Å². The number of nitrogens with zero attached hydrogens (tertiary/aromatic N) is 3. The van der Waals surface area contributed by atoms with Crippen molar-refractivity contribution in [1.82, 2.24) is 20.4 Å². The van der Waals surface area contributed by atoms with Crippen molar-refractivity contribution >= 4 is 29.9 Å². The average Bonchev–Trinajstić information content (AvgIpc) is 2.71. The Morgan fingerprint density at radius 2 is 1.83 bits per heavy atom. The van der Waals surface area contributed by atoms with Crippen molar-refractivity contribution in [3.63, 3.8) is 0 Å². The van der Waals surface area contributed by atoms with Crippen LogP contribution in [0.1, 0.15) is 13.8 Å². The van der Waals surface area contributed by atoms with E-state index in [4.69, 9.17) is 9.47 Å². The second-order valence-corrected chi connectivity index (χ2v) is 7.98. The normalized spacial score (nSPS) is 21.4. The first-order valence-electron chi connectivity index (χ1n) is 10.3. The molecule has 2 aliphatic rings. The van der Waals surface area contributed by atoms with Crippen molar-refractivity contribution in [2.45, 2.75) is 26.0 Å². The number of halogens is 1. The van der Waals surface area contributed by atoms with Gasteiger partial charge in [-0.3, -0.25) is 9.89 Å². The third-order valence-corrected chi connectivity index (χ3v) is 5.54. The van der Waals surface area contributed by atoms with Crippen molar-refractivity contribution < 1.29 is 9.47 Å². The molecule has 2 atom stereocenters. The van der Waals surface area contributed by atoms with E-state index in [1.165, 1.54) is 0 Å². The lowest BCUT2D eigenvalue weighted by molar-refractivity contribution is 0.0890. The molecule has 1 fully saturated rings. The molecule has 164 valence electrons. The van der Waals surface area contributed by atoms with E-state index in [0.29, 0.717) is 25.1 Å². The van der Waals surface area contributed by atoms with Crippen LogP contribution in [-0.2, 0) is 0 Å². The minimum atomic E-state index is -0.0352. The van der Waals surface area contributed by atoms with Crippen molar-refractivity contribution in [2.24, 2.45) is 10.9 Å². The summed E-state index contributed by atoms with van der Waals surface area (Å²) < 4.78 is 11.8. The number of hydrogen-bond donors (Lipinski definition) is 2. The maximum absolute atomic E-state index is 6.01. The number of rotatable bonds is 6. The number of ether oxygens (including phenoxy) is 2. The van der Waals surface area contributed by atoms with Crippen molar-refractivity contribution in [3.8, 4) is 11.5 Å². The van der Waals surface area contributed by atoms with Gasteiger partial charge in [-0.1, -0.05) is 26.0 Å². The predicted octanol–water partition coefficient (Wildman–Crippen LogP) is 1.88. The summed E-state index contributed by atoms with van der Waals surface area (Å²) in [5.74, 6) is 3.01. The highest BCUT2D eigenvalue weighted by atomic mass is 127. The summed E-state index contributed by atoms with van der Waals surface area (Å²) in [6, 6.07) is 8.29. The molecule has 0 bridgehead atoms. The Hall–Kier alpha value is -1.26. The number of benzene rings is 1. The Morgan fingerprint density at radius 3 is 2.48 bits per heavy atom. The molecule has 8 heteroatoms. The third-order valence-electron chi connectivity index (χ3n) is 5.54. The Bertz CT molecular complexity index is 650. The molecule has 0 saturated carbocycles. The number of likely N-dealkylation sites (N-methyl/N-ethyl adjacent to an activating group) is 1. The number of nitrogens with one attached hydrogen (secondary N) is 2. The monoisotopic (exact) mass is 517 g/mol. The Kier molecular flexibility index (Phi) is 9.78. The summed E-state index contributed by atoms with van der Waals surface area (Å²) in [4.78, 5) is 9.37. The highest BCUT2D eigenvalue weighted by Gasteiger charge is 2.25. The molecule has 29 heavy (non-hydrogen) atoms. The van der Waals surface area contributed by atoms with Gasteiger partial charge in [0.2, 0.25) is 0 Å². The molecule has 2 N–H and O–H groups in total. The number of guanidine groups is 1. The highest BCUT2D eigenvalue weighted by Crippen LogP contribution is 2.30. The fraction of sp³-hybridized carbons (Fsp3) is 0.667. The second kappa shape index (κ2) is 11.8. The molecular weight excluding hydrogens is 481 g/mol. The number of piperazine rings is 1. The first-order chi connectivity index (χ1) is 13.6. The molecule has 0 radical (unpaired) electrons.